The van der Waals surface area contributed by atoms with E-state index in [9.17, 15) is 0 Å². The highest BCUT2D eigenvalue weighted by molar-refractivity contribution is 5.47. The van der Waals surface area contributed by atoms with E-state index < -0.39 is 0 Å². The van der Waals surface area contributed by atoms with Gasteiger partial charge in [0.1, 0.15) is 11.5 Å². The summed E-state index contributed by atoms with van der Waals surface area (Å²) in [6.45, 7) is 9.89. The predicted molar refractivity (Wildman–Crippen MR) is 96.3 cm³/mol. The molecule has 23 heavy (non-hydrogen) atoms. The molecule has 2 aromatic rings. The second-order valence-corrected chi connectivity index (χ2v) is 6.39. The summed E-state index contributed by atoms with van der Waals surface area (Å²) in [5, 5.41) is 3.41. The Balaban J connectivity index is 1.83. The molecule has 0 atom stereocenters. The molecule has 1 N–H and O–H groups in total. The summed E-state index contributed by atoms with van der Waals surface area (Å²) < 4.78 is 11.3. The molecule has 0 aliphatic rings. The molecular formula is C20H27NO2. The van der Waals surface area contributed by atoms with Crippen LogP contribution in [0.25, 0.3) is 0 Å². The summed E-state index contributed by atoms with van der Waals surface area (Å²) in [7, 11) is 0. The quantitative estimate of drug-likeness (QED) is 0.733. The molecule has 0 unspecified atom stereocenters. The highest BCUT2D eigenvalue weighted by Gasteiger charge is 2.00. The standard InChI is InChI=1S/C20H27NO2/c1-15(2)14-22-19-9-5-17(6-10-19)13-21-18-7-11-20(12-8-18)23-16(3)4/h5-12,15-16,21H,13-14H2,1-4H3. The van der Waals surface area contributed by atoms with Crippen LogP contribution in [0.4, 0.5) is 5.69 Å². The Morgan fingerprint density at radius 3 is 2.00 bits per heavy atom. The summed E-state index contributed by atoms with van der Waals surface area (Å²) in [4.78, 5) is 0. The molecule has 0 saturated carbocycles. The van der Waals surface area contributed by atoms with Gasteiger partial charge in [0.05, 0.1) is 12.7 Å². The van der Waals surface area contributed by atoms with Crippen LogP contribution in [-0.4, -0.2) is 12.7 Å². The van der Waals surface area contributed by atoms with Crippen molar-refractivity contribution in [2.24, 2.45) is 5.92 Å². The largest absolute Gasteiger partial charge is 0.493 e. The van der Waals surface area contributed by atoms with Crippen molar-refractivity contribution in [3.8, 4) is 11.5 Å². The Labute approximate surface area is 139 Å². The molecule has 124 valence electrons. The van der Waals surface area contributed by atoms with Crippen LogP contribution in [0.5, 0.6) is 11.5 Å². The molecule has 2 aromatic carbocycles. The molecule has 0 heterocycles. The maximum Gasteiger partial charge on any atom is 0.119 e. The zero-order chi connectivity index (χ0) is 16.7. The molecule has 0 aromatic heterocycles. The van der Waals surface area contributed by atoms with E-state index in [1.807, 2.05) is 50.2 Å². The van der Waals surface area contributed by atoms with Crippen LogP contribution in [0.15, 0.2) is 48.5 Å². The lowest BCUT2D eigenvalue weighted by molar-refractivity contribution is 0.242. The van der Waals surface area contributed by atoms with Crippen molar-refractivity contribution in [2.75, 3.05) is 11.9 Å². The van der Waals surface area contributed by atoms with Gasteiger partial charge < -0.3 is 14.8 Å². The van der Waals surface area contributed by atoms with Gasteiger partial charge >= 0.3 is 0 Å². The summed E-state index contributed by atoms with van der Waals surface area (Å²) in [5.74, 6) is 2.37. The lowest BCUT2D eigenvalue weighted by atomic mass is 10.2. The summed E-state index contributed by atoms with van der Waals surface area (Å²) in [5.41, 5.74) is 2.31. The zero-order valence-electron chi connectivity index (χ0n) is 14.5. The first kappa shape index (κ1) is 17.2. The van der Waals surface area contributed by atoms with Crippen LogP contribution in [0, 0.1) is 5.92 Å². The third-order valence-corrected chi connectivity index (χ3v) is 3.23. The number of hydrogen-bond donors (Lipinski definition) is 1. The normalized spacial score (nSPS) is 10.9. The second kappa shape index (κ2) is 8.47. The lowest BCUT2D eigenvalue weighted by Crippen LogP contribution is -2.05. The van der Waals surface area contributed by atoms with Gasteiger partial charge in [-0.2, -0.15) is 0 Å². The van der Waals surface area contributed by atoms with Crippen LogP contribution in [0.1, 0.15) is 33.3 Å². The van der Waals surface area contributed by atoms with Crippen molar-refractivity contribution in [3.63, 3.8) is 0 Å². The van der Waals surface area contributed by atoms with Gasteiger partial charge in [0.15, 0.2) is 0 Å². The number of nitrogens with one attached hydrogen (secondary N) is 1. The maximum atomic E-state index is 5.70. The van der Waals surface area contributed by atoms with Crippen molar-refractivity contribution >= 4 is 5.69 Å². The molecule has 3 nitrogen and oxygen atoms in total. The minimum absolute atomic E-state index is 0.199. The van der Waals surface area contributed by atoms with Gasteiger partial charge in [0, 0.05) is 12.2 Å². The van der Waals surface area contributed by atoms with Gasteiger partial charge in [0.25, 0.3) is 0 Å². The minimum Gasteiger partial charge on any atom is -0.493 e. The number of anilines is 1. The molecule has 0 bridgehead atoms. The number of hydrogen-bond acceptors (Lipinski definition) is 3. The summed E-state index contributed by atoms with van der Waals surface area (Å²) >= 11 is 0. The Bertz CT molecular complexity index is 574. The summed E-state index contributed by atoms with van der Waals surface area (Å²) in [6, 6.07) is 16.3. The number of rotatable bonds is 8. The minimum atomic E-state index is 0.199. The fourth-order valence-corrected chi connectivity index (χ4v) is 2.09. The summed E-state index contributed by atoms with van der Waals surface area (Å²) in [6.07, 6.45) is 0.199. The molecule has 3 heteroatoms. The fourth-order valence-electron chi connectivity index (χ4n) is 2.09. The van der Waals surface area contributed by atoms with Crippen LogP contribution in [-0.2, 0) is 6.54 Å². The van der Waals surface area contributed by atoms with E-state index in [0.29, 0.717) is 5.92 Å². The molecule has 0 spiro atoms. The van der Waals surface area contributed by atoms with Crippen molar-refractivity contribution in [2.45, 2.75) is 40.3 Å². The average molecular weight is 313 g/mol. The highest BCUT2D eigenvalue weighted by Crippen LogP contribution is 2.18. The Morgan fingerprint density at radius 2 is 1.43 bits per heavy atom. The number of benzene rings is 2. The SMILES string of the molecule is CC(C)COc1ccc(CNc2ccc(OC(C)C)cc2)cc1. The van der Waals surface area contributed by atoms with Crippen LogP contribution in [0.2, 0.25) is 0 Å². The first-order valence-electron chi connectivity index (χ1n) is 8.25. The van der Waals surface area contributed by atoms with E-state index in [1.54, 1.807) is 0 Å². The van der Waals surface area contributed by atoms with Crippen molar-refractivity contribution in [3.05, 3.63) is 54.1 Å². The van der Waals surface area contributed by atoms with Crippen molar-refractivity contribution in [1.82, 2.24) is 0 Å². The second-order valence-electron chi connectivity index (χ2n) is 6.39. The average Bonchev–Trinajstić information content (AvgIpc) is 2.53. The van der Waals surface area contributed by atoms with E-state index in [1.165, 1.54) is 5.56 Å². The molecule has 0 saturated heterocycles. The van der Waals surface area contributed by atoms with Crippen LogP contribution in [0.3, 0.4) is 0 Å². The zero-order valence-corrected chi connectivity index (χ0v) is 14.5. The molecule has 0 fully saturated rings. The topological polar surface area (TPSA) is 30.5 Å². The van der Waals surface area contributed by atoms with Crippen molar-refractivity contribution < 1.29 is 9.47 Å². The van der Waals surface area contributed by atoms with Gasteiger partial charge in [-0.25, -0.2) is 0 Å². The van der Waals surface area contributed by atoms with Gasteiger partial charge in [-0.3, -0.25) is 0 Å². The third-order valence-electron chi connectivity index (χ3n) is 3.23. The van der Waals surface area contributed by atoms with E-state index in [-0.39, 0.29) is 6.10 Å². The Hall–Kier alpha value is -2.16. The number of ether oxygens (including phenoxy) is 2. The van der Waals surface area contributed by atoms with Crippen LogP contribution < -0.4 is 14.8 Å². The third kappa shape index (κ3) is 6.23. The highest BCUT2D eigenvalue weighted by atomic mass is 16.5. The maximum absolute atomic E-state index is 5.70. The Morgan fingerprint density at radius 1 is 0.826 bits per heavy atom. The van der Waals surface area contributed by atoms with Crippen LogP contribution >= 0.6 is 0 Å². The van der Waals surface area contributed by atoms with Gasteiger partial charge in [-0.15, -0.1) is 0 Å². The smallest absolute Gasteiger partial charge is 0.119 e. The first-order valence-corrected chi connectivity index (χ1v) is 8.25. The van der Waals surface area contributed by atoms with Gasteiger partial charge in [-0.05, 0) is 61.7 Å². The lowest BCUT2D eigenvalue weighted by Gasteiger charge is -2.12. The van der Waals surface area contributed by atoms with E-state index >= 15 is 0 Å². The molecule has 0 amide bonds. The van der Waals surface area contributed by atoms with Crippen molar-refractivity contribution in [1.29, 1.82) is 0 Å². The first-order chi connectivity index (χ1) is 11.0. The predicted octanol–water partition coefficient (Wildman–Crippen LogP) is 5.12. The fraction of sp³-hybridized carbons (Fsp3) is 0.400. The molecule has 2 rings (SSSR count). The van der Waals surface area contributed by atoms with E-state index in [0.717, 1.165) is 30.3 Å². The molecular weight excluding hydrogens is 286 g/mol. The van der Waals surface area contributed by atoms with Gasteiger partial charge in [-0.1, -0.05) is 26.0 Å². The Kier molecular flexibility index (Phi) is 6.33. The molecule has 0 radical (unpaired) electrons. The van der Waals surface area contributed by atoms with E-state index in [4.69, 9.17) is 9.47 Å². The monoisotopic (exact) mass is 313 g/mol. The molecule has 0 aliphatic carbocycles. The van der Waals surface area contributed by atoms with Gasteiger partial charge in [0.2, 0.25) is 0 Å². The van der Waals surface area contributed by atoms with E-state index in [2.05, 4.69) is 31.3 Å². The molecule has 0 aliphatic heterocycles.